The molecule has 7 heteroatoms. The van der Waals surface area contributed by atoms with Crippen molar-refractivity contribution in [2.24, 2.45) is 0 Å². The SMILES string of the molecule is CCCCc1ccc(CC(=O)Nc2cc(NS(C)(=O)=O)ccc2Cl)cc1. The van der Waals surface area contributed by atoms with Gasteiger partial charge in [-0.3, -0.25) is 9.52 Å². The minimum Gasteiger partial charge on any atom is -0.324 e. The van der Waals surface area contributed by atoms with Gasteiger partial charge in [-0.25, -0.2) is 8.42 Å². The Morgan fingerprint density at radius 1 is 1.08 bits per heavy atom. The largest absolute Gasteiger partial charge is 0.324 e. The molecule has 2 aromatic carbocycles. The van der Waals surface area contributed by atoms with Crippen LogP contribution in [0.1, 0.15) is 30.9 Å². The van der Waals surface area contributed by atoms with E-state index in [1.54, 1.807) is 0 Å². The highest BCUT2D eigenvalue weighted by Crippen LogP contribution is 2.26. The zero-order chi connectivity index (χ0) is 19.2. The second kappa shape index (κ2) is 9.05. The summed E-state index contributed by atoms with van der Waals surface area (Å²) in [6, 6.07) is 12.6. The van der Waals surface area contributed by atoms with Gasteiger partial charge >= 0.3 is 0 Å². The third-order valence-electron chi connectivity index (χ3n) is 3.75. The summed E-state index contributed by atoms with van der Waals surface area (Å²) < 4.78 is 25.0. The quantitative estimate of drug-likeness (QED) is 0.703. The van der Waals surface area contributed by atoms with E-state index in [0.29, 0.717) is 16.4 Å². The van der Waals surface area contributed by atoms with Crippen LogP contribution in [0.3, 0.4) is 0 Å². The first-order valence-electron chi connectivity index (χ1n) is 8.42. The monoisotopic (exact) mass is 394 g/mol. The molecule has 0 aromatic heterocycles. The van der Waals surface area contributed by atoms with Crippen LogP contribution < -0.4 is 10.0 Å². The van der Waals surface area contributed by atoms with Crippen molar-refractivity contribution in [1.82, 2.24) is 0 Å². The molecule has 0 aliphatic rings. The Balaban J connectivity index is 2.02. The van der Waals surface area contributed by atoms with E-state index in [4.69, 9.17) is 11.6 Å². The second-order valence-electron chi connectivity index (χ2n) is 6.21. The fourth-order valence-corrected chi connectivity index (χ4v) is 3.20. The van der Waals surface area contributed by atoms with Gasteiger partial charge in [-0.1, -0.05) is 49.2 Å². The summed E-state index contributed by atoms with van der Waals surface area (Å²) in [5.41, 5.74) is 2.88. The Hall–Kier alpha value is -2.05. The molecule has 2 rings (SSSR count). The number of nitrogens with one attached hydrogen (secondary N) is 2. The number of halogens is 1. The minimum atomic E-state index is -3.40. The molecule has 0 heterocycles. The van der Waals surface area contributed by atoms with Crippen LogP contribution in [0.4, 0.5) is 11.4 Å². The molecule has 2 aromatic rings. The van der Waals surface area contributed by atoms with E-state index < -0.39 is 10.0 Å². The number of hydrogen-bond acceptors (Lipinski definition) is 3. The topological polar surface area (TPSA) is 75.3 Å². The Kier molecular flexibility index (Phi) is 7.06. The molecule has 0 aliphatic heterocycles. The molecule has 5 nitrogen and oxygen atoms in total. The average Bonchev–Trinajstić information content (AvgIpc) is 2.56. The van der Waals surface area contributed by atoms with Crippen molar-refractivity contribution in [3.63, 3.8) is 0 Å². The number of amides is 1. The van der Waals surface area contributed by atoms with Crippen molar-refractivity contribution in [2.75, 3.05) is 16.3 Å². The van der Waals surface area contributed by atoms with E-state index in [0.717, 1.165) is 31.1 Å². The molecule has 26 heavy (non-hydrogen) atoms. The second-order valence-corrected chi connectivity index (χ2v) is 8.37. The van der Waals surface area contributed by atoms with Gasteiger partial charge in [0, 0.05) is 0 Å². The van der Waals surface area contributed by atoms with Crippen LogP contribution in [-0.4, -0.2) is 20.6 Å². The summed E-state index contributed by atoms with van der Waals surface area (Å²) in [5, 5.41) is 3.07. The van der Waals surface area contributed by atoms with Gasteiger partial charge in [0.05, 0.1) is 29.1 Å². The van der Waals surface area contributed by atoms with E-state index in [2.05, 4.69) is 17.0 Å². The highest BCUT2D eigenvalue weighted by molar-refractivity contribution is 7.92. The Morgan fingerprint density at radius 3 is 2.35 bits per heavy atom. The van der Waals surface area contributed by atoms with Crippen molar-refractivity contribution in [2.45, 2.75) is 32.6 Å². The Bertz CT molecular complexity index is 865. The number of carbonyl (C=O) groups is 1. The van der Waals surface area contributed by atoms with Crippen LogP contribution in [-0.2, 0) is 27.7 Å². The molecule has 0 aliphatic carbocycles. The average molecular weight is 395 g/mol. The van der Waals surface area contributed by atoms with E-state index in [1.807, 2.05) is 24.3 Å². The lowest BCUT2D eigenvalue weighted by atomic mass is 10.0. The van der Waals surface area contributed by atoms with Crippen molar-refractivity contribution < 1.29 is 13.2 Å². The van der Waals surface area contributed by atoms with E-state index in [-0.39, 0.29) is 12.3 Å². The third kappa shape index (κ3) is 6.69. The number of sulfonamides is 1. The molecule has 0 bridgehead atoms. The normalized spacial score (nSPS) is 11.2. The highest BCUT2D eigenvalue weighted by Gasteiger charge is 2.10. The van der Waals surface area contributed by atoms with Gasteiger partial charge in [-0.15, -0.1) is 0 Å². The van der Waals surface area contributed by atoms with Crippen LogP contribution in [0.25, 0.3) is 0 Å². The van der Waals surface area contributed by atoms with Crippen LogP contribution in [0.5, 0.6) is 0 Å². The van der Waals surface area contributed by atoms with Gasteiger partial charge in [0.1, 0.15) is 0 Å². The molecule has 1 amide bonds. The molecule has 140 valence electrons. The molecule has 0 saturated heterocycles. The number of hydrogen-bond donors (Lipinski definition) is 2. The lowest BCUT2D eigenvalue weighted by Gasteiger charge is -2.11. The summed E-state index contributed by atoms with van der Waals surface area (Å²) in [5.74, 6) is -0.218. The molecular formula is C19H23ClN2O3S. The number of benzene rings is 2. The van der Waals surface area contributed by atoms with Gasteiger partial charge in [0.15, 0.2) is 0 Å². The predicted molar refractivity (Wildman–Crippen MR) is 107 cm³/mol. The molecule has 2 N–H and O–H groups in total. The summed E-state index contributed by atoms with van der Waals surface area (Å²) in [7, 11) is -3.40. The number of carbonyl (C=O) groups excluding carboxylic acids is 1. The van der Waals surface area contributed by atoms with Gasteiger partial charge in [-0.2, -0.15) is 0 Å². The molecule has 0 saturated carbocycles. The first-order valence-corrected chi connectivity index (χ1v) is 10.7. The van der Waals surface area contributed by atoms with Gasteiger partial charge in [0.2, 0.25) is 15.9 Å². The lowest BCUT2D eigenvalue weighted by molar-refractivity contribution is -0.115. The summed E-state index contributed by atoms with van der Waals surface area (Å²) in [6.45, 7) is 2.16. The van der Waals surface area contributed by atoms with Crippen LogP contribution in [0, 0.1) is 0 Å². The zero-order valence-corrected chi connectivity index (χ0v) is 16.5. The molecular weight excluding hydrogens is 372 g/mol. The number of aryl methyl sites for hydroxylation is 1. The number of rotatable bonds is 8. The Labute approximate surface area is 159 Å². The maximum atomic E-state index is 12.3. The first kappa shape index (κ1) is 20.3. The van der Waals surface area contributed by atoms with Crippen molar-refractivity contribution in [3.05, 3.63) is 58.6 Å². The molecule has 0 spiro atoms. The number of unbranched alkanes of at least 4 members (excludes halogenated alkanes) is 1. The number of anilines is 2. The summed E-state index contributed by atoms with van der Waals surface area (Å²) >= 11 is 6.09. The van der Waals surface area contributed by atoms with Crippen molar-refractivity contribution in [1.29, 1.82) is 0 Å². The van der Waals surface area contributed by atoms with E-state index >= 15 is 0 Å². The van der Waals surface area contributed by atoms with Crippen LogP contribution in [0.2, 0.25) is 5.02 Å². The van der Waals surface area contributed by atoms with E-state index in [1.165, 1.54) is 23.8 Å². The molecule has 0 fully saturated rings. The van der Waals surface area contributed by atoms with Crippen molar-refractivity contribution >= 4 is 38.9 Å². The van der Waals surface area contributed by atoms with Gasteiger partial charge in [-0.05, 0) is 42.2 Å². The standard InChI is InChI=1S/C19H23ClN2O3S/c1-3-4-5-14-6-8-15(9-7-14)12-19(23)21-18-13-16(10-11-17(18)20)22-26(2,24)25/h6-11,13,22H,3-5,12H2,1-2H3,(H,21,23). The first-order chi connectivity index (χ1) is 12.3. The predicted octanol–water partition coefficient (Wildman–Crippen LogP) is 4.24. The third-order valence-corrected chi connectivity index (χ3v) is 4.69. The maximum absolute atomic E-state index is 12.3. The fraction of sp³-hybridized carbons (Fsp3) is 0.316. The van der Waals surface area contributed by atoms with Crippen LogP contribution in [0.15, 0.2) is 42.5 Å². The molecule has 0 unspecified atom stereocenters. The van der Waals surface area contributed by atoms with Crippen molar-refractivity contribution in [3.8, 4) is 0 Å². The van der Waals surface area contributed by atoms with Gasteiger partial charge in [0.25, 0.3) is 0 Å². The van der Waals surface area contributed by atoms with Crippen LogP contribution >= 0.6 is 11.6 Å². The Morgan fingerprint density at radius 2 is 1.73 bits per heavy atom. The lowest BCUT2D eigenvalue weighted by Crippen LogP contribution is -2.15. The molecule has 0 radical (unpaired) electrons. The highest BCUT2D eigenvalue weighted by atomic mass is 35.5. The zero-order valence-electron chi connectivity index (χ0n) is 14.9. The molecule has 0 atom stereocenters. The van der Waals surface area contributed by atoms with Gasteiger partial charge < -0.3 is 5.32 Å². The summed E-state index contributed by atoms with van der Waals surface area (Å²) in [6.07, 6.45) is 4.62. The smallest absolute Gasteiger partial charge is 0.229 e. The maximum Gasteiger partial charge on any atom is 0.229 e. The van der Waals surface area contributed by atoms with E-state index in [9.17, 15) is 13.2 Å². The minimum absolute atomic E-state index is 0.216. The summed E-state index contributed by atoms with van der Waals surface area (Å²) in [4.78, 5) is 12.3. The fourth-order valence-electron chi connectivity index (χ4n) is 2.48.